The highest BCUT2D eigenvalue weighted by molar-refractivity contribution is 5.86. The Bertz CT molecular complexity index is 991. The Hall–Kier alpha value is -3.35. The second kappa shape index (κ2) is 10.1. The number of benzene rings is 2. The summed E-state index contributed by atoms with van der Waals surface area (Å²) >= 11 is 0. The standard InChI is InChI=1S/C26H30N2O5/c1-2-23(24(29)27-17-9-7-8-16(14-17)25(30)31)28-26(32)33-15-22-20-12-5-3-10-18(20)19-11-4-6-13-21(19)22/h3-6,10-13,16-17,22-23H,2,7-9,14-15H2,1H3,(H,27,29)(H,28,32)(H,30,31)/t16?,17?,23-/m1/s1. The highest BCUT2D eigenvalue weighted by Gasteiger charge is 2.31. The van der Waals surface area contributed by atoms with Crippen molar-refractivity contribution in [2.75, 3.05) is 6.61 Å². The SMILES string of the molecule is CC[C@@H](NC(=O)OCC1c2ccccc2-c2ccccc21)C(=O)NC1CCCC(C(=O)O)C1. The van der Waals surface area contributed by atoms with Crippen LogP contribution in [-0.4, -0.2) is 41.8 Å². The van der Waals surface area contributed by atoms with Gasteiger partial charge in [-0.05, 0) is 47.9 Å². The molecule has 0 heterocycles. The van der Waals surface area contributed by atoms with Gasteiger partial charge in [-0.25, -0.2) is 4.79 Å². The van der Waals surface area contributed by atoms with Crippen LogP contribution in [0.15, 0.2) is 48.5 Å². The number of alkyl carbamates (subject to hydrolysis) is 1. The Morgan fingerprint density at radius 3 is 2.27 bits per heavy atom. The fourth-order valence-corrected chi connectivity index (χ4v) is 4.98. The van der Waals surface area contributed by atoms with E-state index in [-0.39, 0.29) is 24.5 Å². The second-order valence-corrected chi connectivity index (χ2v) is 8.84. The van der Waals surface area contributed by atoms with Crippen LogP contribution in [0.2, 0.25) is 0 Å². The molecule has 2 amide bonds. The molecule has 0 radical (unpaired) electrons. The van der Waals surface area contributed by atoms with E-state index in [1.807, 2.05) is 31.2 Å². The molecule has 4 rings (SSSR count). The van der Waals surface area contributed by atoms with Crippen LogP contribution in [0.5, 0.6) is 0 Å². The zero-order valence-corrected chi connectivity index (χ0v) is 18.8. The van der Waals surface area contributed by atoms with Crippen LogP contribution < -0.4 is 10.6 Å². The maximum Gasteiger partial charge on any atom is 0.407 e. The first-order chi connectivity index (χ1) is 16.0. The molecule has 7 heteroatoms. The molecule has 1 saturated carbocycles. The van der Waals surface area contributed by atoms with E-state index >= 15 is 0 Å². The summed E-state index contributed by atoms with van der Waals surface area (Å²) in [5.41, 5.74) is 4.56. The smallest absolute Gasteiger partial charge is 0.407 e. The third-order valence-electron chi connectivity index (χ3n) is 6.73. The fraction of sp³-hybridized carbons (Fsp3) is 0.423. The van der Waals surface area contributed by atoms with Crippen LogP contribution in [0.1, 0.15) is 56.1 Å². The van der Waals surface area contributed by atoms with Crippen molar-refractivity contribution < 1.29 is 24.2 Å². The molecule has 0 saturated heterocycles. The van der Waals surface area contributed by atoms with Crippen molar-refractivity contribution in [2.24, 2.45) is 5.92 Å². The van der Waals surface area contributed by atoms with Crippen LogP contribution in [0.4, 0.5) is 4.79 Å². The van der Waals surface area contributed by atoms with E-state index in [0.29, 0.717) is 19.3 Å². The van der Waals surface area contributed by atoms with Crippen LogP contribution >= 0.6 is 0 Å². The molecular weight excluding hydrogens is 420 g/mol. The molecule has 3 atom stereocenters. The number of hydrogen-bond donors (Lipinski definition) is 3. The summed E-state index contributed by atoms with van der Waals surface area (Å²) in [7, 11) is 0. The number of amides is 2. The molecule has 0 bridgehead atoms. The third-order valence-corrected chi connectivity index (χ3v) is 6.73. The number of fused-ring (bicyclic) bond motifs is 3. The van der Waals surface area contributed by atoms with Crippen LogP contribution in [0.3, 0.4) is 0 Å². The van der Waals surface area contributed by atoms with E-state index in [1.165, 1.54) is 0 Å². The van der Waals surface area contributed by atoms with E-state index in [9.17, 15) is 19.5 Å². The maximum absolute atomic E-state index is 12.7. The van der Waals surface area contributed by atoms with Crippen molar-refractivity contribution in [3.8, 4) is 11.1 Å². The molecule has 1 fully saturated rings. The average molecular weight is 451 g/mol. The van der Waals surface area contributed by atoms with Crippen molar-refractivity contribution in [1.29, 1.82) is 0 Å². The van der Waals surface area contributed by atoms with Crippen molar-refractivity contribution in [3.63, 3.8) is 0 Å². The van der Waals surface area contributed by atoms with E-state index in [1.54, 1.807) is 0 Å². The van der Waals surface area contributed by atoms with Gasteiger partial charge in [0.15, 0.2) is 0 Å². The first-order valence-corrected chi connectivity index (χ1v) is 11.6. The van der Waals surface area contributed by atoms with Gasteiger partial charge < -0.3 is 20.5 Å². The topological polar surface area (TPSA) is 105 Å². The number of hydrogen-bond acceptors (Lipinski definition) is 4. The molecule has 2 aliphatic rings. The van der Waals surface area contributed by atoms with E-state index in [4.69, 9.17) is 4.74 Å². The van der Waals surface area contributed by atoms with Gasteiger partial charge in [-0.1, -0.05) is 61.9 Å². The van der Waals surface area contributed by atoms with Gasteiger partial charge in [-0.2, -0.15) is 0 Å². The summed E-state index contributed by atoms with van der Waals surface area (Å²) in [5.74, 6) is -1.61. The molecule has 3 N–H and O–H groups in total. The molecule has 7 nitrogen and oxygen atoms in total. The predicted molar refractivity (Wildman–Crippen MR) is 124 cm³/mol. The fourth-order valence-electron chi connectivity index (χ4n) is 4.98. The predicted octanol–water partition coefficient (Wildman–Crippen LogP) is 4.06. The minimum absolute atomic E-state index is 0.0488. The number of carboxylic acid groups (broad SMARTS) is 1. The maximum atomic E-state index is 12.7. The molecule has 0 spiro atoms. The van der Waals surface area contributed by atoms with E-state index < -0.39 is 24.0 Å². The van der Waals surface area contributed by atoms with Gasteiger partial charge in [0.05, 0.1) is 5.92 Å². The molecule has 2 aromatic carbocycles. The van der Waals surface area contributed by atoms with E-state index in [2.05, 4.69) is 34.9 Å². The van der Waals surface area contributed by atoms with Gasteiger partial charge in [0.2, 0.25) is 5.91 Å². The molecule has 2 aliphatic carbocycles. The Labute approximate surface area is 193 Å². The summed E-state index contributed by atoms with van der Waals surface area (Å²) < 4.78 is 5.55. The molecular formula is C26H30N2O5. The summed E-state index contributed by atoms with van der Waals surface area (Å²) in [6.45, 7) is 2.00. The van der Waals surface area contributed by atoms with Crippen LogP contribution in [-0.2, 0) is 14.3 Å². The summed E-state index contributed by atoms with van der Waals surface area (Å²) in [6.07, 6.45) is 2.34. The highest BCUT2D eigenvalue weighted by Crippen LogP contribution is 2.44. The molecule has 33 heavy (non-hydrogen) atoms. The number of ether oxygens (including phenoxy) is 1. The Morgan fingerprint density at radius 2 is 1.67 bits per heavy atom. The molecule has 2 unspecified atom stereocenters. The third kappa shape index (κ3) is 5.02. The lowest BCUT2D eigenvalue weighted by atomic mass is 9.85. The summed E-state index contributed by atoms with van der Waals surface area (Å²) in [4.78, 5) is 36.5. The Morgan fingerprint density at radius 1 is 1.03 bits per heavy atom. The normalized spacial score (nSPS) is 20.3. The number of nitrogens with one attached hydrogen (secondary N) is 2. The number of aliphatic carboxylic acids is 1. The molecule has 2 aromatic rings. The first kappa shape index (κ1) is 22.8. The van der Waals surface area contributed by atoms with Gasteiger partial charge in [-0.15, -0.1) is 0 Å². The minimum atomic E-state index is -0.822. The van der Waals surface area contributed by atoms with Gasteiger partial charge in [0.1, 0.15) is 12.6 Å². The monoisotopic (exact) mass is 450 g/mol. The molecule has 0 aromatic heterocycles. The number of carbonyl (C=O) groups excluding carboxylic acids is 2. The van der Waals surface area contributed by atoms with Crippen molar-refractivity contribution >= 4 is 18.0 Å². The van der Waals surface area contributed by atoms with Crippen molar-refractivity contribution in [1.82, 2.24) is 10.6 Å². The van der Waals surface area contributed by atoms with Gasteiger partial charge in [0.25, 0.3) is 0 Å². The van der Waals surface area contributed by atoms with Crippen molar-refractivity contribution in [3.05, 3.63) is 59.7 Å². The summed E-state index contributed by atoms with van der Waals surface area (Å²) in [6, 6.07) is 15.3. The van der Waals surface area contributed by atoms with E-state index in [0.717, 1.165) is 35.1 Å². The lowest BCUT2D eigenvalue weighted by Gasteiger charge is -2.29. The Balaban J connectivity index is 1.33. The number of carbonyl (C=O) groups is 3. The lowest BCUT2D eigenvalue weighted by Crippen LogP contribution is -2.50. The number of carboxylic acids is 1. The first-order valence-electron chi connectivity index (χ1n) is 11.6. The van der Waals surface area contributed by atoms with Crippen LogP contribution in [0, 0.1) is 5.92 Å². The van der Waals surface area contributed by atoms with Crippen LogP contribution in [0.25, 0.3) is 11.1 Å². The Kier molecular flexibility index (Phi) is 6.96. The van der Waals surface area contributed by atoms with Crippen molar-refractivity contribution in [2.45, 2.75) is 57.0 Å². The largest absolute Gasteiger partial charge is 0.481 e. The van der Waals surface area contributed by atoms with Gasteiger partial charge in [0, 0.05) is 12.0 Å². The lowest BCUT2D eigenvalue weighted by molar-refractivity contribution is -0.143. The second-order valence-electron chi connectivity index (χ2n) is 8.84. The zero-order chi connectivity index (χ0) is 23.4. The molecule has 0 aliphatic heterocycles. The highest BCUT2D eigenvalue weighted by atomic mass is 16.5. The quantitative estimate of drug-likeness (QED) is 0.590. The zero-order valence-electron chi connectivity index (χ0n) is 18.8. The van der Waals surface area contributed by atoms with Gasteiger partial charge in [-0.3, -0.25) is 9.59 Å². The average Bonchev–Trinajstić information content (AvgIpc) is 3.15. The molecule has 174 valence electrons. The number of rotatable bonds is 7. The minimum Gasteiger partial charge on any atom is -0.481 e. The summed E-state index contributed by atoms with van der Waals surface area (Å²) in [5, 5.41) is 14.8. The van der Waals surface area contributed by atoms with Gasteiger partial charge >= 0.3 is 12.1 Å².